The van der Waals surface area contributed by atoms with Crippen molar-refractivity contribution in [2.24, 2.45) is 0 Å². The summed E-state index contributed by atoms with van der Waals surface area (Å²) in [6.45, 7) is 4.43. The lowest BCUT2D eigenvalue weighted by molar-refractivity contribution is -0.137. The number of alkyl halides is 3. The van der Waals surface area contributed by atoms with Gasteiger partial charge in [0.15, 0.2) is 0 Å². The Balaban J connectivity index is 0.000000403. The van der Waals surface area contributed by atoms with Gasteiger partial charge in [-0.2, -0.15) is 13.2 Å². The Labute approximate surface area is 217 Å². The van der Waals surface area contributed by atoms with Crippen LogP contribution >= 0.6 is 11.3 Å². The summed E-state index contributed by atoms with van der Waals surface area (Å²) < 4.78 is 41.1. The van der Waals surface area contributed by atoms with Crippen molar-refractivity contribution in [3.05, 3.63) is 101 Å². The quantitative estimate of drug-likeness (QED) is 0.233. The molecule has 4 aromatic rings. The molecule has 0 aliphatic heterocycles. The summed E-state index contributed by atoms with van der Waals surface area (Å²) in [5, 5.41) is 5.20. The predicted molar refractivity (Wildman–Crippen MR) is 145 cm³/mol. The molecule has 1 aromatic carbocycles. The van der Waals surface area contributed by atoms with Crippen LogP contribution in [0.15, 0.2) is 78.3 Å². The number of terminal acetylenes is 1. The van der Waals surface area contributed by atoms with Gasteiger partial charge in [-0.1, -0.05) is 50.1 Å². The minimum atomic E-state index is -4.38. The zero-order chi connectivity index (χ0) is 26.2. The van der Waals surface area contributed by atoms with Gasteiger partial charge < -0.3 is 5.32 Å². The Bertz CT molecular complexity index is 1600. The van der Waals surface area contributed by atoms with Crippen molar-refractivity contribution in [2.45, 2.75) is 32.5 Å². The normalized spacial score (nSPS) is 11.7. The van der Waals surface area contributed by atoms with Crippen molar-refractivity contribution in [1.82, 2.24) is 9.38 Å². The number of anilines is 1. The largest absolute Gasteiger partial charge is 0.416 e. The minimum absolute atomic E-state index is 0.216. The van der Waals surface area contributed by atoms with Crippen molar-refractivity contribution < 1.29 is 13.2 Å². The molecule has 0 unspecified atom stereocenters. The number of imidazole rings is 1. The first-order valence-electron chi connectivity index (χ1n) is 11.8. The number of rotatable bonds is 5. The minimum Gasteiger partial charge on any atom is -0.365 e. The van der Waals surface area contributed by atoms with E-state index < -0.39 is 11.7 Å². The molecule has 0 radical (unpaired) electrons. The number of benzene rings is 2. The third-order valence-corrected chi connectivity index (χ3v) is 7.10. The number of thiophene rings is 1. The number of aromatic nitrogens is 2. The average Bonchev–Trinajstić information content (AvgIpc) is 3.24. The van der Waals surface area contributed by atoms with E-state index in [9.17, 15) is 13.2 Å². The molecule has 1 N–H and O–H groups in total. The van der Waals surface area contributed by atoms with E-state index in [0.717, 1.165) is 33.8 Å². The van der Waals surface area contributed by atoms with Gasteiger partial charge in [-0.3, -0.25) is 4.40 Å². The maximum atomic E-state index is 13.1. The van der Waals surface area contributed by atoms with E-state index >= 15 is 0 Å². The zero-order valence-electron chi connectivity index (χ0n) is 20.3. The Morgan fingerprint density at radius 3 is 2.41 bits per heavy atom. The highest BCUT2D eigenvalue weighted by Gasteiger charge is 2.30. The molecule has 3 nitrogen and oxygen atoms in total. The summed E-state index contributed by atoms with van der Waals surface area (Å²) in [5.41, 5.74) is 6.04. The third-order valence-electron chi connectivity index (χ3n) is 6.18. The van der Waals surface area contributed by atoms with Crippen LogP contribution in [0.2, 0.25) is 0 Å². The fourth-order valence-electron chi connectivity index (χ4n) is 4.07. The number of fused-ring (bicyclic) bond motifs is 2. The second-order valence-corrected chi connectivity index (χ2v) is 10.0. The van der Waals surface area contributed by atoms with Crippen LogP contribution in [-0.2, 0) is 12.7 Å². The molecular weight excluding hydrogens is 491 g/mol. The SMILES string of the molecule is C#Cc1ccsc1-c1nc2cc(C(C)C)ccn2c1NCc1cccc(C(F)(F)F)c1.c1cc2cc-2c1. The molecule has 7 heteroatoms. The van der Waals surface area contributed by atoms with E-state index in [4.69, 9.17) is 11.4 Å². The van der Waals surface area contributed by atoms with Crippen molar-refractivity contribution in [3.8, 4) is 34.0 Å². The van der Waals surface area contributed by atoms with Crippen LogP contribution in [0, 0.1) is 12.3 Å². The van der Waals surface area contributed by atoms with Gasteiger partial charge in [0.1, 0.15) is 17.2 Å². The highest BCUT2D eigenvalue weighted by Crippen LogP contribution is 2.36. The maximum Gasteiger partial charge on any atom is 0.416 e. The van der Waals surface area contributed by atoms with Crippen LogP contribution < -0.4 is 5.32 Å². The molecule has 6 rings (SSSR count). The molecule has 0 bridgehead atoms. The summed E-state index contributed by atoms with van der Waals surface area (Å²) in [6.07, 6.45) is 3.21. The molecule has 0 atom stereocenters. The van der Waals surface area contributed by atoms with Gasteiger partial charge in [-0.05, 0) is 69.9 Å². The van der Waals surface area contributed by atoms with Gasteiger partial charge in [-0.15, -0.1) is 17.8 Å². The first-order valence-corrected chi connectivity index (χ1v) is 12.7. The number of pyridine rings is 1. The molecule has 37 heavy (non-hydrogen) atoms. The topological polar surface area (TPSA) is 29.3 Å². The van der Waals surface area contributed by atoms with Crippen LogP contribution in [0.25, 0.3) is 27.3 Å². The molecule has 186 valence electrons. The Morgan fingerprint density at radius 2 is 1.78 bits per heavy atom. The Hall–Kier alpha value is -4.02. The third kappa shape index (κ3) is 5.25. The van der Waals surface area contributed by atoms with Gasteiger partial charge in [-0.25, -0.2) is 4.98 Å². The van der Waals surface area contributed by atoms with E-state index in [1.165, 1.54) is 28.5 Å². The Kier molecular flexibility index (Phi) is 6.53. The lowest BCUT2D eigenvalue weighted by Gasteiger charge is -2.12. The molecular formula is C30H24F3N3S. The summed E-state index contributed by atoms with van der Waals surface area (Å²) in [6, 6.07) is 19.7. The van der Waals surface area contributed by atoms with Gasteiger partial charge in [0.25, 0.3) is 0 Å². The molecule has 0 saturated heterocycles. The number of nitrogens with zero attached hydrogens (tertiary/aromatic N) is 2. The standard InChI is InChI=1S/C24H20F3N3S.C6H4/c1-4-17-9-11-31-22(17)21-23(30-10-8-18(15(2)3)13-20(30)29-21)28-14-16-6-5-7-19(12-16)24(25,26)27;1-2-5-4-6(5)3-1/h1,5-13,15,28H,14H2,2-3H3;1-4H. The first-order chi connectivity index (χ1) is 17.7. The van der Waals surface area contributed by atoms with E-state index in [1.807, 2.05) is 34.2 Å². The zero-order valence-corrected chi connectivity index (χ0v) is 21.1. The molecule has 0 spiro atoms. The number of halogens is 3. The summed E-state index contributed by atoms with van der Waals surface area (Å²) in [5.74, 6) is 3.72. The lowest BCUT2D eigenvalue weighted by atomic mass is 10.1. The highest BCUT2D eigenvalue weighted by molar-refractivity contribution is 7.13. The van der Waals surface area contributed by atoms with Gasteiger partial charge >= 0.3 is 6.18 Å². The van der Waals surface area contributed by atoms with Gasteiger partial charge in [0.2, 0.25) is 0 Å². The van der Waals surface area contributed by atoms with E-state index in [-0.39, 0.29) is 6.54 Å². The molecule has 0 amide bonds. The second kappa shape index (κ2) is 9.79. The fraction of sp³-hybridized carbons (Fsp3) is 0.167. The number of hydrogen-bond donors (Lipinski definition) is 1. The average molecular weight is 516 g/mol. The molecule has 3 heterocycles. The second-order valence-electron chi connectivity index (χ2n) is 9.09. The first kappa shape index (κ1) is 24.7. The van der Waals surface area contributed by atoms with E-state index in [1.54, 1.807) is 6.07 Å². The highest BCUT2D eigenvalue weighted by atomic mass is 32.1. The smallest absolute Gasteiger partial charge is 0.365 e. The van der Waals surface area contributed by atoms with Crippen molar-refractivity contribution in [1.29, 1.82) is 0 Å². The molecule has 2 aliphatic carbocycles. The van der Waals surface area contributed by atoms with Crippen LogP contribution in [0.1, 0.15) is 42.0 Å². The lowest BCUT2D eigenvalue weighted by Crippen LogP contribution is -2.08. The van der Waals surface area contributed by atoms with Crippen LogP contribution in [0.4, 0.5) is 19.0 Å². The van der Waals surface area contributed by atoms with Crippen LogP contribution in [-0.4, -0.2) is 9.38 Å². The monoisotopic (exact) mass is 515 g/mol. The molecule has 0 fully saturated rings. The predicted octanol–water partition coefficient (Wildman–Crippen LogP) is 8.47. The molecule has 3 aromatic heterocycles. The summed E-state index contributed by atoms with van der Waals surface area (Å²) >= 11 is 1.49. The van der Waals surface area contributed by atoms with Crippen LogP contribution in [0.5, 0.6) is 0 Å². The van der Waals surface area contributed by atoms with Gasteiger partial charge in [0, 0.05) is 18.3 Å². The van der Waals surface area contributed by atoms with Crippen LogP contribution in [0.3, 0.4) is 0 Å². The molecule has 2 aliphatic rings. The summed E-state index contributed by atoms with van der Waals surface area (Å²) in [7, 11) is 0. The van der Waals surface area contributed by atoms with E-state index in [0.29, 0.717) is 23.0 Å². The van der Waals surface area contributed by atoms with Crippen molar-refractivity contribution in [2.75, 3.05) is 5.32 Å². The number of hydrogen-bond acceptors (Lipinski definition) is 3. The molecule has 0 saturated carbocycles. The van der Waals surface area contributed by atoms with E-state index in [2.05, 4.69) is 49.4 Å². The van der Waals surface area contributed by atoms with Crippen molar-refractivity contribution >= 4 is 22.8 Å². The number of nitrogens with one attached hydrogen (secondary N) is 1. The Morgan fingerprint density at radius 1 is 1.03 bits per heavy atom. The maximum absolute atomic E-state index is 13.1. The fourth-order valence-corrected chi connectivity index (χ4v) is 4.92. The van der Waals surface area contributed by atoms with Gasteiger partial charge in [0.05, 0.1) is 10.4 Å². The van der Waals surface area contributed by atoms with Crippen molar-refractivity contribution in [3.63, 3.8) is 0 Å². The summed E-state index contributed by atoms with van der Waals surface area (Å²) in [4.78, 5) is 5.66.